The molecule has 0 aromatic heterocycles. The molecule has 0 heterocycles. The van der Waals surface area contributed by atoms with E-state index in [1.54, 1.807) is 0 Å². The number of aliphatic hydroxyl groups excluding tert-OH is 2. The molecule has 4 atom stereocenters. The van der Waals surface area contributed by atoms with Gasteiger partial charge < -0.3 is 33.0 Å². The first-order valence-corrected chi connectivity index (χ1v) is 31.9. The minimum absolute atomic E-state index is 0.0208. The predicted octanol–water partition coefficient (Wildman–Crippen LogP) is 11.6. The van der Waals surface area contributed by atoms with Crippen molar-refractivity contribution in [3.8, 4) is 0 Å². The lowest BCUT2D eigenvalue weighted by molar-refractivity contribution is -0.0557. The normalized spacial score (nSPS) is 14.9. The molecule has 2 N–H and O–H groups in total. The Morgan fingerprint density at radius 3 is 1.05 bits per heavy atom. The molecule has 0 saturated heterocycles. The zero-order valence-corrected chi connectivity index (χ0v) is 45.7. The summed E-state index contributed by atoms with van der Waals surface area (Å²) in [6.45, 7) is 29.0. The van der Waals surface area contributed by atoms with Crippen LogP contribution in [-0.4, -0.2) is 127 Å². The number of halogens is 7. The molecule has 0 amide bonds. The molecular formula is C45H81F7O10SSi3. The quantitative estimate of drug-likeness (QED) is 0.0509. The molecule has 0 aliphatic heterocycles. The van der Waals surface area contributed by atoms with Crippen molar-refractivity contribution in [2.45, 2.75) is 160 Å². The Labute approximate surface area is 394 Å². The summed E-state index contributed by atoms with van der Waals surface area (Å²) in [7, 11) is -11.7. The zero-order chi connectivity index (χ0) is 51.8. The van der Waals surface area contributed by atoms with Crippen molar-refractivity contribution in [3.05, 3.63) is 71.8 Å². The van der Waals surface area contributed by atoms with Crippen LogP contribution in [0.2, 0.25) is 54.4 Å². The Morgan fingerprint density at radius 2 is 0.758 bits per heavy atom. The molecule has 0 aliphatic carbocycles. The van der Waals surface area contributed by atoms with E-state index in [9.17, 15) is 39.2 Å². The Balaban J connectivity index is 0. The number of benzene rings is 2. The molecule has 0 spiro atoms. The van der Waals surface area contributed by atoms with Crippen LogP contribution in [0.4, 0.5) is 30.7 Å². The van der Waals surface area contributed by atoms with Gasteiger partial charge in [-0.25, -0.2) is 17.6 Å². The first-order valence-electron chi connectivity index (χ1n) is 21.7. The third-order valence-electron chi connectivity index (χ3n) is 11.2. The average molecular weight is 1030 g/mol. The highest BCUT2D eigenvalue weighted by Crippen LogP contribution is 2.38. The van der Waals surface area contributed by atoms with Crippen molar-refractivity contribution in [2.75, 3.05) is 52.9 Å². The lowest BCUT2D eigenvalue weighted by Crippen LogP contribution is -2.42. The van der Waals surface area contributed by atoms with Crippen LogP contribution in [0.1, 0.15) is 73.4 Å². The van der Waals surface area contributed by atoms with Gasteiger partial charge in [-0.3, -0.25) is 4.18 Å². The highest BCUT2D eigenvalue weighted by molar-refractivity contribution is 7.87. The zero-order valence-electron chi connectivity index (χ0n) is 41.9. The minimum atomic E-state index is -5.76. The molecule has 0 aliphatic rings. The fourth-order valence-corrected chi connectivity index (χ4v) is 7.29. The number of hydrogen-bond acceptors (Lipinski definition) is 10. The molecule has 66 heavy (non-hydrogen) atoms. The van der Waals surface area contributed by atoms with Gasteiger partial charge in [0.15, 0.2) is 25.0 Å². The monoisotopic (exact) mass is 1030 g/mol. The van der Waals surface area contributed by atoms with Crippen LogP contribution in [0, 0.1) is 0 Å². The SMILES string of the molecule is CC(C)(C)[Si](C)(C)OC[C@@H](F)CO.CC(C)(C)[Si](C)(C)OC[C@@H](F)COCc1ccccc1.CC(C)(C)[Si](C)(C)OC[C@@H](F)COS(=O)(=O)C(F)(F)F.OC[C@@H](F)COCc1ccccc1. The molecule has 0 bridgehead atoms. The predicted molar refractivity (Wildman–Crippen MR) is 256 cm³/mol. The van der Waals surface area contributed by atoms with Gasteiger partial charge >= 0.3 is 15.6 Å². The molecule has 388 valence electrons. The Kier molecular flexibility index (Phi) is 30.2. The summed E-state index contributed by atoms with van der Waals surface area (Å²) in [6.07, 6.45) is -5.52. The Hall–Kier alpha value is -1.77. The van der Waals surface area contributed by atoms with E-state index in [0.717, 1.165) is 11.1 Å². The fraction of sp³-hybridized carbons (Fsp3) is 0.733. The van der Waals surface area contributed by atoms with Crippen LogP contribution in [0.15, 0.2) is 60.7 Å². The first kappa shape index (κ1) is 66.3. The average Bonchev–Trinajstić information content (AvgIpc) is 3.20. The lowest BCUT2D eigenvalue weighted by atomic mass is 10.2. The highest BCUT2D eigenvalue weighted by atomic mass is 32.2. The molecule has 0 fully saturated rings. The maximum atomic E-state index is 13.8. The summed E-state index contributed by atoms with van der Waals surface area (Å²) in [6, 6.07) is 19.3. The van der Waals surface area contributed by atoms with Gasteiger partial charge in [-0.15, -0.1) is 0 Å². The van der Waals surface area contributed by atoms with Crippen molar-refractivity contribution in [1.82, 2.24) is 0 Å². The molecule has 10 nitrogen and oxygen atoms in total. The summed E-state index contributed by atoms with van der Waals surface area (Å²) in [5.41, 5.74) is -3.48. The van der Waals surface area contributed by atoms with Crippen LogP contribution in [0.3, 0.4) is 0 Å². The van der Waals surface area contributed by atoms with E-state index in [1.165, 1.54) is 0 Å². The number of alkyl halides is 7. The van der Waals surface area contributed by atoms with E-state index in [2.05, 4.69) is 71.9 Å². The maximum absolute atomic E-state index is 13.8. The summed E-state index contributed by atoms with van der Waals surface area (Å²) in [4.78, 5) is 0. The number of aliphatic hydroxyl groups is 2. The van der Waals surface area contributed by atoms with Gasteiger partial charge in [0.1, 0.15) is 31.3 Å². The number of ether oxygens (including phenoxy) is 2. The van der Waals surface area contributed by atoms with Crippen molar-refractivity contribution < 1.29 is 76.3 Å². The standard InChI is InChI=1S/C16H27FO2Si.C10H20F4O4SSi.C10H13FO2.C9H21FO2Si/c1-16(2,3)20(4,5)19-13-15(17)12-18-11-14-9-7-6-8-10-14;1-9(2,3)20(4,5)18-7-8(11)6-17-19(15,16)10(12,13)14;11-10(6-12)8-13-7-9-4-2-1-3-5-9;1-9(2,3)13(4,5)12-7-8(10)6-11/h6-10,15H,11-13H2,1-5H3;8H,6-7H2,1-5H3;1-5,10,12H,6-8H2;8,11H,6-7H2,1-5H3/t15-;8-;10-;8-/m0010/s1. The smallest absolute Gasteiger partial charge is 0.414 e. The molecular weight excluding hydrogens is 950 g/mol. The van der Waals surface area contributed by atoms with Crippen molar-refractivity contribution in [1.29, 1.82) is 0 Å². The molecule has 2 rings (SSSR count). The van der Waals surface area contributed by atoms with Gasteiger partial charge in [-0.2, -0.15) is 21.6 Å². The van der Waals surface area contributed by atoms with E-state index >= 15 is 0 Å². The minimum Gasteiger partial charge on any atom is -0.414 e. The summed E-state index contributed by atoms with van der Waals surface area (Å²) in [5, 5.41) is 16.9. The van der Waals surface area contributed by atoms with Crippen molar-refractivity contribution >= 4 is 35.1 Å². The van der Waals surface area contributed by atoms with Crippen LogP contribution in [-0.2, 0) is 50.3 Å². The topological polar surface area (TPSA) is 130 Å². The van der Waals surface area contributed by atoms with Gasteiger partial charge in [-0.05, 0) is 65.5 Å². The summed E-state index contributed by atoms with van der Waals surface area (Å²) >= 11 is 0. The van der Waals surface area contributed by atoms with Crippen LogP contribution in [0.5, 0.6) is 0 Å². The largest absolute Gasteiger partial charge is 0.523 e. The van der Waals surface area contributed by atoms with Gasteiger partial charge in [0.05, 0.1) is 59.5 Å². The fourth-order valence-electron chi connectivity index (χ4n) is 3.74. The summed E-state index contributed by atoms with van der Waals surface area (Å²) in [5.74, 6) is 0. The first-order chi connectivity index (χ1) is 29.9. The van der Waals surface area contributed by atoms with E-state index in [1.807, 2.05) is 94.5 Å². The van der Waals surface area contributed by atoms with Crippen LogP contribution < -0.4 is 0 Å². The molecule has 0 radical (unpaired) electrons. The van der Waals surface area contributed by atoms with E-state index in [4.69, 9.17) is 33.0 Å². The summed E-state index contributed by atoms with van der Waals surface area (Å²) < 4.78 is 140. The second kappa shape index (κ2) is 30.1. The molecule has 2 aromatic rings. The van der Waals surface area contributed by atoms with Gasteiger partial charge in [0.25, 0.3) is 0 Å². The van der Waals surface area contributed by atoms with Crippen molar-refractivity contribution in [3.63, 3.8) is 0 Å². The Bertz CT molecular complexity index is 1660. The third kappa shape index (κ3) is 28.7. The maximum Gasteiger partial charge on any atom is 0.523 e. The third-order valence-corrected chi connectivity index (χ3v) is 25.7. The molecule has 0 saturated carbocycles. The highest BCUT2D eigenvalue weighted by Gasteiger charge is 2.48. The van der Waals surface area contributed by atoms with Crippen LogP contribution >= 0.6 is 0 Å². The second-order valence-corrected chi connectivity index (χ2v) is 36.2. The second-order valence-electron chi connectivity index (χ2n) is 20.2. The van der Waals surface area contributed by atoms with E-state index in [-0.39, 0.29) is 41.5 Å². The van der Waals surface area contributed by atoms with Gasteiger partial charge in [0.2, 0.25) is 0 Å². The van der Waals surface area contributed by atoms with E-state index in [0.29, 0.717) is 13.2 Å². The molecule has 2 aromatic carbocycles. The van der Waals surface area contributed by atoms with Crippen molar-refractivity contribution in [2.24, 2.45) is 0 Å². The van der Waals surface area contributed by atoms with Gasteiger partial charge in [-0.1, -0.05) is 123 Å². The lowest BCUT2D eigenvalue weighted by Gasteiger charge is -2.36. The van der Waals surface area contributed by atoms with E-state index < -0.39 is 91.7 Å². The molecule has 0 unspecified atom stereocenters. The number of hydrogen-bond donors (Lipinski definition) is 2. The Morgan fingerprint density at radius 1 is 0.485 bits per heavy atom. The van der Waals surface area contributed by atoms with Gasteiger partial charge in [0, 0.05) is 0 Å². The number of rotatable bonds is 22. The molecule has 21 heteroatoms. The van der Waals surface area contributed by atoms with Crippen LogP contribution in [0.25, 0.3) is 0 Å².